The van der Waals surface area contributed by atoms with E-state index in [9.17, 15) is 0 Å². The molecule has 0 aromatic heterocycles. The molecular formula is C7H19Si2U. The van der Waals surface area contributed by atoms with Gasteiger partial charge in [-0.25, -0.2) is 0 Å². The second kappa shape index (κ2) is 3.47. The average molecular weight is 397 g/mol. The van der Waals surface area contributed by atoms with Crippen LogP contribution in [0, 0.1) is 29.4 Å². The third-order valence-electron chi connectivity index (χ3n) is 1.73. The SMILES string of the molecule is C[Si](C)(C)[CH]([U])[Si](C)(C)C. The molecule has 10 heavy (non-hydrogen) atoms. The Morgan fingerprint density at radius 2 is 1.00 bits per heavy atom. The third kappa shape index (κ3) is 3.76. The van der Waals surface area contributed by atoms with E-state index >= 15 is 0 Å². The first-order valence-electron chi connectivity index (χ1n) is 3.87. The van der Waals surface area contributed by atoms with Crippen LogP contribution >= 0.6 is 0 Å². The van der Waals surface area contributed by atoms with E-state index < -0.39 is 16.1 Å². The first-order chi connectivity index (χ1) is 4.15. The van der Waals surface area contributed by atoms with E-state index in [1.54, 1.807) is 0 Å². The molecule has 0 spiro atoms. The van der Waals surface area contributed by atoms with Crippen LogP contribution in [0.2, 0.25) is 41.5 Å². The summed E-state index contributed by atoms with van der Waals surface area (Å²) in [7, 11) is -1.52. The molecular weight excluding hydrogens is 378 g/mol. The van der Waals surface area contributed by atoms with Gasteiger partial charge in [-0.15, -0.1) is 0 Å². The Hall–Kier alpha value is 1.49. The molecule has 59 valence electrons. The minimum absolute atomic E-state index is 0.759. The fraction of sp³-hybridized carbons (Fsp3) is 1.00. The van der Waals surface area contributed by atoms with Crippen LogP contribution in [0.25, 0.3) is 0 Å². The molecule has 0 fully saturated rings. The molecule has 0 saturated heterocycles. The molecule has 0 nitrogen and oxygen atoms in total. The Morgan fingerprint density at radius 1 is 0.800 bits per heavy atom. The topological polar surface area (TPSA) is 0 Å². The normalized spacial score (nSPS) is 14.5. The van der Waals surface area contributed by atoms with Gasteiger partial charge in [-0.3, -0.25) is 0 Å². The predicted molar refractivity (Wildman–Crippen MR) is 50.4 cm³/mol. The molecule has 0 radical (unpaired) electrons. The van der Waals surface area contributed by atoms with E-state index in [1.165, 1.54) is 31.6 Å². The molecule has 0 aromatic rings. The van der Waals surface area contributed by atoms with Crippen molar-refractivity contribution in [3.8, 4) is 0 Å². The van der Waals surface area contributed by atoms with Crippen LogP contribution in [0.15, 0.2) is 0 Å². The van der Waals surface area contributed by atoms with E-state index in [2.05, 4.69) is 39.3 Å². The summed E-state index contributed by atoms with van der Waals surface area (Å²) in [6, 6.07) is 0. The van der Waals surface area contributed by atoms with Crippen molar-refractivity contribution in [3.05, 3.63) is 0 Å². The molecule has 3 heteroatoms. The molecule has 0 N–H and O–H groups in total. The van der Waals surface area contributed by atoms with Gasteiger partial charge in [-0.05, 0) is 0 Å². The van der Waals surface area contributed by atoms with Crippen LogP contribution in [0.3, 0.4) is 0 Å². The maximum atomic E-state index is 2.52. The summed E-state index contributed by atoms with van der Waals surface area (Å²) in [5.41, 5.74) is 0. The van der Waals surface area contributed by atoms with Gasteiger partial charge in [0.05, 0.1) is 0 Å². The zero-order valence-electron chi connectivity index (χ0n) is 8.08. The molecule has 0 aromatic carbocycles. The van der Waals surface area contributed by atoms with Crippen LogP contribution in [-0.2, 0) is 0 Å². The van der Waals surface area contributed by atoms with Gasteiger partial charge in [0.2, 0.25) is 0 Å². The summed E-state index contributed by atoms with van der Waals surface area (Å²) in [4.78, 5) is 0. The second-order valence-corrected chi connectivity index (χ2v) is 23.6. The van der Waals surface area contributed by atoms with Crippen molar-refractivity contribution < 1.29 is 29.4 Å². The molecule has 0 aliphatic carbocycles. The Balaban J connectivity index is 4.23. The van der Waals surface area contributed by atoms with Crippen LogP contribution in [0.1, 0.15) is 0 Å². The monoisotopic (exact) mass is 397 g/mol. The molecule has 0 saturated carbocycles. The van der Waals surface area contributed by atoms with Gasteiger partial charge in [0.1, 0.15) is 0 Å². The summed E-state index contributed by atoms with van der Waals surface area (Å²) in [6.07, 6.45) is 0. The molecule has 0 atom stereocenters. The van der Waals surface area contributed by atoms with E-state index in [0.717, 1.165) is 0 Å². The van der Waals surface area contributed by atoms with Crippen LogP contribution in [0.5, 0.6) is 0 Å². The Morgan fingerprint density at radius 3 is 1.00 bits per heavy atom. The third-order valence-corrected chi connectivity index (χ3v) is 32.0. The molecule has 0 amide bonds. The number of hydrogen-bond donors (Lipinski definition) is 0. The first kappa shape index (κ1) is 11.5. The fourth-order valence-electron chi connectivity index (χ4n) is 1.30. The van der Waals surface area contributed by atoms with Gasteiger partial charge in [-0.1, -0.05) is 0 Å². The van der Waals surface area contributed by atoms with Crippen molar-refractivity contribution in [1.82, 2.24) is 0 Å². The van der Waals surface area contributed by atoms with Crippen molar-refractivity contribution in [2.75, 3.05) is 0 Å². The Bertz CT molecular complexity index is 95.8. The first-order valence-corrected chi connectivity index (χ1v) is 13.4. The van der Waals surface area contributed by atoms with Gasteiger partial charge in [0.15, 0.2) is 0 Å². The van der Waals surface area contributed by atoms with Crippen LogP contribution in [0.4, 0.5) is 0 Å². The van der Waals surface area contributed by atoms with E-state index in [1.807, 2.05) is 0 Å². The van der Waals surface area contributed by atoms with Crippen molar-refractivity contribution in [1.29, 1.82) is 0 Å². The van der Waals surface area contributed by atoms with Crippen molar-refractivity contribution in [2.24, 2.45) is 0 Å². The Kier molecular flexibility index (Phi) is 3.99. The average Bonchev–Trinajstić information content (AvgIpc) is 1.59. The van der Waals surface area contributed by atoms with Crippen LogP contribution in [-0.4, -0.2) is 16.1 Å². The molecule has 0 aliphatic heterocycles. The second-order valence-electron chi connectivity index (χ2n) is 5.17. The predicted octanol–water partition coefficient (Wildman–Crippen LogP) is 3.08. The standard InChI is InChI=1S/C7H19Si2.U/c1-8(2,3)7-9(4,5)6;/h7H,1-6H3;. The van der Waals surface area contributed by atoms with Crippen molar-refractivity contribution in [2.45, 2.75) is 41.5 Å². The zero-order chi connectivity index (χ0) is 8.58. The van der Waals surface area contributed by atoms with Gasteiger partial charge in [0, 0.05) is 0 Å². The van der Waals surface area contributed by atoms with E-state index in [4.69, 9.17) is 0 Å². The van der Waals surface area contributed by atoms with Gasteiger partial charge in [0.25, 0.3) is 0 Å². The summed E-state index contributed by atoms with van der Waals surface area (Å²) >= 11 is 1.21. The fourth-order valence-corrected chi connectivity index (χ4v) is 11.7. The minimum atomic E-state index is -0.759. The summed E-state index contributed by atoms with van der Waals surface area (Å²) in [5.74, 6) is 0. The van der Waals surface area contributed by atoms with Gasteiger partial charge < -0.3 is 0 Å². The summed E-state index contributed by atoms with van der Waals surface area (Å²) in [6.45, 7) is 15.1. The quantitative estimate of drug-likeness (QED) is 0.629. The molecule has 0 bridgehead atoms. The van der Waals surface area contributed by atoms with Gasteiger partial charge >= 0.3 is 87.1 Å². The number of rotatable bonds is 2. The molecule has 0 heterocycles. The number of hydrogen-bond acceptors (Lipinski definition) is 0. The molecule has 0 rings (SSSR count). The summed E-state index contributed by atoms with van der Waals surface area (Å²) < 4.78 is 1.21. The maximum absolute atomic E-state index is 2.52. The summed E-state index contributed by atoms with van der Waals surface area (Å²) in [5, 5.41) is 0. The van der Waals surface area contributed by atoms with Crippen molar-refractivity contribution >= 4 is 16.1 Å². The van der Waals surface area contributed by atoms with Crippen LogP contribution < -0.4 is 0 Å². The Labute approximate surface area is 86.4 Å². The van der Waals surface area contributed by atoms with E-state index in [-0.39, 0.29) is 0 Å². The molecule has 0 unspecified atom stereocenters. The van der Waals surface area contributed by atoms with Crippen molar-refractivity contribution in [3.63, 3.8) is 0 Å². The van der Waals surface area contributed by atoms with E-state index in [0.29, 0.717) is 0 Å². The van der Waals surface area contributed by atoms with Gasteiger partial charge in [-0.2, -0.15) is 0 Å². The zero-order valence-corrected chi connectivity index (χ0v) is 14.2. The molecule has 0 aliphatic rings.